The van der Waals surface area contributed by atoms with Gasteiger partial charge in [0.15, 0.2) is 0 Å². The number of anilines is 3. The van der Waals surface area contributed by atoms with Crippen molar-refractivity contribution in [3.63, 3.8) is 0 Å². The van der Waals surface area contributed by atoms with E-state index in [1.54, 1.807) is 12.3 Å². The molecule has 1 amide bonds. The van der Waals surface area contributed by atoms with Crippen molar-refractivity contribution in [1.82, 2.24) is 9.97 Å². The van der Waals surface area contributed by atoms with Crippen molar-refractivity contribution in [2.75, 3.05) is 16.8 Å². The molecule has 0 fully saturated rings. The predicted octanol–water partition coefficient (Wildman–Crippen LogP) is 3.81. The summed E-state index contributed by atoms with van der Waals surface area (Å²) in [5, 5.41) is 2.86. The highest BCUT2D eigenvalue weighted by Gasteiger charge is 2.20. The standard InChI is InChI=1S/C20H18N4O/c25-19(22-16-9-2-1-3-10-16)17-12-13-21-20(23-17)24-14-6-8-15-7-4-5-11-18(15)24/h1-5,7,9-13H,6,8,14H2,(H,22,25). The number of amides is 1. The number of aromatic nitrogens is 2. The molecule has 4 rings (SSSR count). The van der Waals surface area contributed by atoms with E-state index in [1.165, 1.54) is 5.56 Å². The lowest BCUT2D eigenvalue weighted by Crippen LogP contribution is -2.27. The van der Waals surface area contributed by atoms with Crippen LogP contribution in [0.1, 0.15) is 22.5 Å². The first kappa shape index (κ1) is 15.3. The summed E-state index contributed by atoms with van der Waals surface area (Å²) in [4.78, 5) is 23.4. The van der Waals surface area contributed by atoms with Gasteiger partial charge in [0.1, 0.15) is 5.69 Å². The Labute approximate surface area is 146 Å². The van der Waals surface area contributed by atoms with E-state index in [4.69, 9.17) is 0 Å². The first-order chi connectivity index (χ1) is 12.3. The maximum atomic E-state index is 12.5. The van der Waals surface area contributed by atoms with Crippen molar-refractivity contribution in [3.05, 3.63) is 78.1 Å². The topological polar surface area (TPSA) is 58.1 Å². The fourth-order valence-corrected chi connectivity index (χ4v) is 3.06. The summed E-state index contributed by atoms with van der Waals surface area (Å²) in [5.74, 6) is 0.327. The molecule has 0 saturated heterocycles. The zero-order chi connectivity index (χ0) is 17.1. The van der Waals surface area contributed by atoms with Crippen molar-refractivity contribution in [1.29, 1.82) is 0 Å². The number of carbonyl (C=O) groups is 1. The molecule has 0 atom stereocenters. The van der Waals surface area contributed by atoms with Crippen LogP contribution in [0.15, 0.2) is 66.9 Å². The summed E-state index contributed by atoms with van der Waals surface area (Å²) in [7, 11) is 0. The maximum absolute atomic E-state index is 12.5. The molecule has 1 N–H and O–H groups in total. The van der Waals surface area contributed by atoms with Crippen LogP contribution in [0, 0.1) is 0 Å². The molecule has 2 heterocycles. The number of nitrogens with zero attached hydrogens (tertiary/aromatic N) is 3. The van der Waals surface area contributed by atoms with Crippen LogP contribution in [0.5, 0.6) is 0 Å². The Morgan fingerprint density at radius 2 is 1.80 bits per heavy atom. The van der Waals surface area contributed by atoms with Crippen molar-refractivity contribution >= 4 is 23.2 Å². The molecule has 0 spiro atoms. The fraction of sp³-hybridized carbons (Fsp3) is 0.150. The van der Waals surface area contributed by atoms with Crippen molar-refractivity contribution < 1.29 is 4.79 Å². The Morgan fingerprint density at radius 1 is 1.00 bits per heavy atom. The Balaban J connectivity index is 1.61. The minimum absolute atomic E-state index is 0.236. The van der Waals surface area contributed by atoms with E-state index in [2.05, 4.69) is 32.3 Å². The van der Waals surface area contributed by atoms with Crippen LogP contribution in [0.4, 0.5) is 17.3 Å². The van der Waals surface area contributed by atoms with Gasteiger partial charge in [0, 0.05) is 24.1 Å². The largest absolute Gasteiger partial charge is 0.321 e. The lowest BCUT2D eigenvalue weighted by atomic mass is 10.0. The van der Waals surface area contributed by atoms with Gasteiger partial charge in [-0.05, 0) is 42.7 Å². The number of fused-ring (bicyclic) bond motifs is 1. The number of benzene rings is 2. The van der Waals surface area contributed by atoms with Gasteiger partial charge in [0.25, 0.3) is 5.91 Å². The van der Waals surface area contributed by atoms with Crippen molar-refractivity contribution in [2.45, 2.75) is 12.8 Å². The van der Waals surface area contributed by atoms with Crippen LogP contribution >= 0.6 is 0 Å². The average molecular weight is 330 g/mol. The van der Waals surface area contributed by atoms with Crippen molar-refractivity contribution in [2.24, 2.45) is 0 Å². The molecule has 0 bridgehead atoms. The second kappa shape index (κ2) is 6.73. The molecular formula is C20H18N4O. The normalized spacial score (nSPS) is 13.2. The molecule has 3 aromatic rings. The van der Waals surface area contributed by atoms with Crippen LogP contribution in [0.25, 0.3) is 0 Å². The molecule has 124 valence electrons. The summed E-state index contributed by atoms with van der Waals surface area (Å²) in [6, 6.07) is 19.3. The predicted molar refractivity (Wildman–Crippen MR) is 98.2 cm³/mol. The number of rotatable bonds is 3. The van der Waals surface area contributed by atoms with Gasteiger partial charge < -0.3 is 10.2 Å². The van der Waals surface area contributed by atoms with Crippen LogP contribution < -0.4 is 10.2 Å². The average Bonchev–Trinajstić information content (AvgIpc) is 2.68. The van der Waals surface area contributed by atoms with Crippen LogP contribution in [0.3, 0.4) is 0 Å². The highest BCUT2D eigenvalue weighted by atomic mass is 16.1. The second-order valence-electron chi connectivity index (χ2n) is 5.95. The van der Waals surface area contributed by atoms with E-state index >= 15 is 0 Å². The Hall–Kier alpha value is -3.21. The van der Waals surface area contributed by atoms with E-state index in [9.17, 15) is 4.79 Å². The third-order valence-electron chi connectivity index (χ3n) is 4.26. The molecule has 0 radical (unpaired) electrons. The first-order valence-corrected chi connectivity index (χ1v) is 8.36. The lowest BCUT2D eigenvalue weighted by Gasteiger charge is -2.29. The summed E-state index contributed by atoms with van der Waals surface area (Å²) < 4.78 is 0. The SMILES string of the molecule is O=C(Nc1ccccc1)c1ccnc(N2CCCc3ccccc32)n1. The van der Waals surface area contributed by atoms with Gasteiger partial charge in [-0.25, -0.2) is 9.97 Å². The van der Waals surface area contributed by atoms with Gasteiger partial charge in [-0.15, -0.1) is 0 Å². The first-order valence-electron chi connectivity index (χ1n) is 8.36. The van der Waals surface area contributed by atoms with E-state index in [0.717, 1.165) is 30.8 Å². The van der Waals surface area contributed by atoms with Gasteiger partial charge in [-0.1, -0.05) is 36.4 Å². The lowest BCUT2D eigenvalue weighted by molar-refractivity contribution is 0.102. The Morgan fingerprint density at radius 3 is 2.68 bits per heavy atom. The highest BCUT2D eigenvalue weighted by molar-refractivity contribution is 6.03. The monoisotopic (exact) mass is 330 g/mol. The molecule has 0 saturated carbocycles. The molecule has 0 unspecified atom stereocenters. The van der Waals surface area contributed by atoms with Gasteiger partial charge >= 0.3 is 0 Å². The molecular weight excluding hydrogens is 312 g/mol. The van der Waals surface area contributed by atoms with Crippen LogP contribution in [-0.4, -0.2) is 22.4 Å². The number of hydrogen-bond acceptors (Lipinski definition) is 4. The molecule has 0 aliphatic carbocycles. The van der Waals surface area contributed by atoms with Crippen LogP contribution in [-0.2, 0) is 6.42 Å². The number of carbonyl (C=O) groups excluding carboxylic acids is 1. The molecule has 25 heavy (non-hydrogen) atoms. The summed E-state index contributed by atoms with van der Waals surface area (Å²) in [5.41, 5.74) is 3.51. The number of nitrogens with one attached hydrogen (secondary N) is 1. The van der Waals surface area contributed by atoms with Gasteiger partial charge in [-0.3, -0.25) is 4.79 Å². The maximum Gasteiger partial charge on any atom is 0.274 e. The molecule has 5 heteroatoms. The summed E-state index contributed by atoms with van der Waals surface area (Å²) >= 11 is 0. The molecule has 5 nitrogen and oxygen atoms in total. The number of para-hydroxylation sites is 2. The summed E-state index contributed by atoms with van der Waals surface area (Å²) in [6.07, 6.45) is 3.74. The minimum atomic E-state index is -0.236. The van der Waals surface area contributed by atoms with E-state index < -0.39 is 0 Å². The van der Waals surface area contributed by atoms with Crippen molar-refractivity contribution in [3.8, 4) is 0 Å². The molecule has 1 aliphatic rings. The van der Waals surface area contributed by atoms with Crippen LogP contribution in [0.2, 0.25) is 0 Å². The fourth-order valence-electron chi connectivity index (χ4n) is 3.06. The number of aryl methyl sites for hydroxylation is 1. The molecule has 1 aliphatic heterocycles. The third kappa shape index (κ3) is 3.21. The Kier molecular flexibility index (Phi) is 4.12. The molecule has 2 aromatic carbocycles. The van der Waals surface area contributed by atoms with Gasteiger partial charge in [0.05, 0.1) is 0 Å². The number of hydrogen-bond donors (Lipinski definition) is 1. The Bertz CT molecular complexity index is 895. The summed E-state index contributed by atoms with van der Waals surface area (Å²) in [6.45, 7) is 0.848. The smallest absolute Gasteiger partial charge is 0.274 e. The van der Waals surface area contributed by atoms with E-state index in [1.807, 2.05) is 42.5 Å². The highest BCUT2D eigenvalue weighted by Crippen LogP contribution is 2.31. The minimum Gasteiger partial charge on any atom is -0.321 e. The molecule has 1 aromatic heterocycles. The van der Waals surface area contributed by atoms with E-state index in [-0.39, 0.29) is 5.91 Å². The second-order valence-corrected chi connectivity index (χ2v) is 5.95. The quantitative estimate of drug-likeness (QED) is 0.793. The zero-order valence-electron chi connectivity index (χ0n) is 13.7. The third-order valence-corrected chi connectivity index (χ3v) is 4.26. The van der Waals surface area contributed by atoms with Gasteiger partial charge in [-0.2, -0.15) is 0 Å². The van der Waals surface area contributed by atoms with Gasteiger partial charge in [0.2, 0.25) is 5.95 Å². The van der Waals surface area contributed by atoms with E-state index in [0.29, 0.717) is 11.6 Å². The zero-order valence-corrected chi connectivity index (χ0v) is 13.7.